The van der Waals surface area contributed by atoms with E-state index in [2.05, 4.69) is 20.6 Å². The first-order chi connectivity index (χ1) is 9.24. The number of halogens is 1. The number of nitrogens with one attached hydrogen (secondary N) is 3. The number of benzene rings is 1. The van der Waals surface area contributed by atoms with E-state index in [1.54, 1.807) is 6.07 Å². The van der Waals surface area contributed by atoms with Gasteiger partial charge in [-0.15, -0.1) is 0 Å². The van der Waals surface area contributed by atoms with Gasteiger partial charge in [0.2, 0.25) is 5.95 Å². The molecule has 1 fully saturated rings. The average Bonchev–Trinajstić information content (AvgIpc) is 2.81. The summed E-state index contributed by atoms with van der Waals surface area (Å²) in [5, 5.41) is 6.74. The molecule has 2 aromatic rings. The Balaban J connectivity index is 1.68. The third-order valence-corrected chi connectivity index (χ3v) is 3.92. The predicted molar refractivity (Wildman–Crippen MR) is 74.8 cm³/mol. The molecule has 5 heteroatoms. The zero-order valence-electron chi connectivity index (χ0n) is 11.0. The fourth-order valence-electron chi connectivity index (χ4n) is 2.77. The van der Waals surface area contributed by atoms with Gasteiger partial charge in [0.1, 0.15) is 5.82 Å². The molecule has 1 heterocycles. The van der Waals surface area contributed by atoms with E-state index >= 15 is 0 Å². The second-order valence-corrected chi connectivity index (χ2v) is 5.23. The molecule has 19 heavy (non-hydrogen) atoms. The number of rotatable bonds is 3. The van der Waals surface area contributed by atoms with Crippen LogP contribution in [0.3, 0.4) is 0 Å². The number of imidazole rings is 1. The number of fused-ring (bicyclic) bond motifs is 1. The molecule has 0 spiro atoms. The van der Waals surface area contributed by atoms with Crippen molar-refractivity contribution in [2.45, 2.75) is 37.8 Å². The van der Waals surface area contributed by atoms with Crippen LogP contribution >= 0.6 is 0 Å². The molecule has 1 aromatic carbocycles. The van der Waals surface area contributed by atoms with Crippen LogP contribution in [-0.4, -0.2) is 29.1 Å². The van der Waals surface area contributed by atoms with Crippen molar-refractivity contribution in [1.29, 1.82) is 0 Å². The highest BCUT2D eigenvalue weighted by Gasteiger charge is 2.20. The molecule has 0 amide bonds. The van der Waals surface area contributed by atoms with Crippen molar-refractivity contribution in [2.24, 2.45) is 0 Å². The van der Waals surface area contributed by atoms with E-state index in [0.29, 0.717) is 12.1 Å². The smallest absolute Gasteiger partial charge is 0.201 e. The highest BCUT2D eigenvalue weighted by Crippen LogP contribution is 2.22. The van der Waals surface area contributed by atoms with Crippen LogP contribution in [0.25, 0.3) is 11.0 Å². The standard InChI is InChI=1S/C14H19FN4/c1-16-10-3-5-11(6-4-10)17-14-18-12-7-2-9(15)8-13(12)19-14/h2,7-8,10-11,16H,3-6H2,1H3,(H2,17,18,19). The van der Waals surface area contributed by atoms with Gasteiger partial charge in [-0.1, -0.05) is 0 Å². The molecule has 4 nitrogen and oxygen atoms in total. The van der Waals surface area contributed by atoms with Crippen molar-refractivity contribution < 1.29 is 4.39 Å². The number of H-pyrrole nitrogens is 1. The van der Waals surface area contributed by atoms with Crippen molar-refractivity contribution in [1.82, 2.24) is 15.3 Å². The lowest BCUT2D eigenvalue weighted by Crippen LogP contribution is -2.35. The molecular formula is C14H19FN4. The molecular weight excluding hydrogens is 243 g/mol. The molecule has 0 bridgehead atoms. The largest absolute Gasteiger partial charge is 0.353 e. The monoisotopic (exact) mass is 262 g/mol. The van der Waals surface area contributed by atoms with Gasteiger partial charge >= 0.3 is 0 Å². The van der Waals surface area contributed by atoms with E-state index in [1.165, 1.54) is 25.0 Å². The minimum Gasteiger partial charge on any atom is -0.353 e. The molecule has 0 aliphatic heterocycles. The lowest BCUT2D eigenvalue weighted by atomic mass is 9.91. The summed E-state index contributed by atoms with van der Waals surface area (Å²) >= 11 is 0. The van der Waals surface area contributed by atoms with Gasteiger partial charge in [-0.3, -0.25) is 0 Å². The van der Waals surface area contributed by atoms with Gasteiger partial charge in [0.05, 0.1) is 11.0 Å². The Morgan fingerprint density at radius 1 is 1.21 bits per heavy atom. The van der Waals surface area contributed by atoms with Gasteiger partial charge in [0, 0.05) is 12.1 Å². The summed E-state index contributed by atoms with van der Waals surface area (Å²) in [4.78, 5) is 7.57. The molecule has 0 unspecified atom stereocenters. The van der Waals surface area contributed by atoms with Crippen molar-refractivity contribution in [3.05, 3.63) is 24.0 Å². The molecule has 0 saturated heterocycles. The van der Waals surface area contributed by atoms with Crippen LogP contribution in [0, 0.1) is 5.82 Å². The molecule has 0 radical (unpaired) electrons. The Morgan fingerprint density at radius 3 is 2.68 bits per heavy atom. The number of nitrogens with zero attached hydrogens (tertiary/aromatic N) is 1. The number of aromatic amines is 1. The molecule has 0 atom stereocenters. The number of hydrogen-bond acceptors (Lipinski definition) is 3. The van der Waals surface area contributed by atoms with Gasteiger partial charge in [-0.05, 0) is 50.9 Å². The number of hydrogen-bond donors (Lipinski definition) is 3. The van der Waals surface area contributed by atoms with Crippen LogP contribution in [-0.2, 0) is 0 Å². The van der Waals surface area contributed by atoms with E-state index in [1.807, 2.05) is 7.05 Å². The summed E-state index contributed by atoms with van der Waals surface area (Å²) in [6.07, 6.45) is 4.64. The molecule has 3 rings (SSSR count). The number of anilines is 1. The van der Waals surface area contributed by atoms with Crippen molar-refractivity contribution in [3.63, 3.8) is 0 Å². The Morgan fingerprint density at radius 2 is 1.95 bits per heavy atom. The Kier molecular flexibility index (Phi) is 3.38. The van der Waals surface area contributed by atoms with Gasteiger partial charge in [-0.2, -0.15) is 0 Å². The van der Waals surface area contributed by atoms with Crippen LogP contribution in [0.4, 0.5) is 10.3 Å². The lowest BCUT2D eigenvalue weighted by Gasteiger charge is -2.28. The summed E-state index contributed by atoms with van der Waals surface area (Å²) in [7, 11) is 2.02. The maximum atomic E-state index is 13.1. The normalized spacial score (nSPS) is 23.7. The Hall–Kier alpha value is -1.62. The zero-order chi connectivity index (χ0) is 13.2. The van der Waals surface area contributed by atoms with Crippen molar-refractivity contribution >= 4 is 17.0 Å². The highest BCUT2D eigenvalue weighted by atomic mass is 19.1. The molecule has 3 N–H and O–H groups in total. The predicted octanol–water partition coefficient (Wildman–Crippen LogP) is 2.64. The summed E-state index contributed by atoms with van der Waals surface area (Å²) < 4.78 is 13.1. The van der Waals surface area contributed by atoms with E-state index < -0.39 is 0 Å². The maximum Gasteiger partial charge on any atom is 0.201 e. The first-order valence-electron chi connectivity index (χ1n) is 6.83. The molecule has 1 saturated carbocycles. The van der Waals surface area contributed by atoms with Crippen LogP contribution in [0.15, 0.2) is 18.2 Å². The van der Waals surface area contributed by atoms with Gasteiger partial charge in [0.15, 0.2) is 0 Å². The van der Waals surface area contributed by atoms with Crippen LogP contribution in [0.1, 0.15) is 25.7 Å². The van der Waals surface area contributed by atoms with Crippen molar-refractivity contribution in [2.75, 3.05) is 12.4 Å². The summed E-state index contributed by atoms with van der Waals surface area (Å²) in [5.41, 5.74) is 1.54. The molecule has 102 valence electrons. The van der Waals surface area contributed by atoms with Crippen LogP contribution < -0.4 is 10.6 Å². The average molecular weight is 262 g/mol. The number of aromatic nitrogens is 2. The minimum atomic E-state index is -0.239. The fraction of sp³-hybridized carbons (Fsp3) is 0.500. The van der Waals surface area contributed by atoms with Gasteiger partial charge in [0.25, 0.3) is 0 Å². The van der Waals surface area contributed by atoms with E-state index in [-0.39, 0.29) is 5.82 Å². The summed E-state index contributed by atoms with van der Waals surface area (Å²) in [6, 6.07) is 5.71. The second kappa shape index (κ2) is 5.17. The topological polar surface area (TPSA) is 52.7 Å². The first kappa shape index (κ1) is 12.4. The third-order valence-electron chi connectivity index (χ3n) is 3.92. The molecule has 1 aliphatic rings. The first-order valence-corrected chi connectivity index (χ1v) is 6.83. The van der Waals surface area contributed by atoms with Gasteiger partial charge < -0.3 is 15.6 Å². The summed E-state index contributed by atoms with van der Waals surface area (Å²) in [6.45, 7) is 0. The lowest BCUT2D eigenvalue weighted by molar-refractivity contribution is 0.370. The van der Waals surface area contributed by atoms with Gasteiger partial charge in [-0.25, -0.2) is 9.37 Å². The zero-order valence-corrected chi connectivity index (χ0v) is 11.0. The quantitative estimate of drug-likeness (QED) is 0.797. The van der Waals surface area contributed by atoms with Crippen LogP contribution in [0.2, 0.25) is 0 Å². The van der Waals surface area contributed by atoms with Crippen molar-refractivity contribution in [3.8, 4) is 0 Å². The second-order valence-electron chi connectivity index (χ2n) is 5.23. The maximum absolute atomic E-state index is 13.1. The Bertz CT molecular complexity index is 558. The van der Waals surface area contributed by atoms with E-state index in [0.717, 1.165) is 29.8 Å². The Labute approximate surface area is 111 Å². The summed E-state index contributed by atoms with van der Waals surface area (Å²) in [5.74, 6) is 0.505. The molecule has 1 aromatic heterocycles. The minimum absolute atomic E-state index is 0.239. The van der Waals surface area contributed by atoms with E-state index in [9.17, 15) is 4.39 Å². The highest BCUT2D eigenvalue weighted by molar-refractivity contribution is 5.77. The van der Waals surface area contributed by atoms with E-state index in [4.69, 9.17) is 0 Å². The SMILES string of the molecule is CNC1CCC(Nc2nc3ccc(F)cc3[nH]2)CC1. The molecule has 1 aliphatic carbocycles. The third kappa shape index (κ3) is 2.71. The van der Waals surface area contributed by atoms with Crippen LogP contribution in [0.5, 0.6) is 0 Å². The fourth-order valence-corrected chi connectivity index (χ4v) is 2.77.